The van der Waals surface area contributed by atoms with Crippen molar-refractivity contribution >= 4 is 46.5 Å². The topological polar surface area (TPSA) is 37.8 Å². The van der Waals surface area contributed by atoms with E-state index in [0.717, 1.165) is 30.7 Å². The first-order valence-corrected chi connectivity index (χ1v) is 9.70. The Bertz CT molecular complexity index is 608. The second-order valence-corrected chi connectivity index (χ2v) is 9.19. The largest absolute Gasteiger partial charge is 0.308 e. The fraction of sp³-hybridized carbons (Fsp3) is 0.429. The number of aromatic nitrogens is 2. The molecule has 0 atom stereocenters. The Morgan fingerprint density at radius 3 is 2.57 bits per heavy atom. The van der Waals surface area contributed by atoms with E-state index in [1.807, 2.05) is 18.4 Å². The highest BCUT2D eigenvalue weighted by molar-refractivity contribution is 8.03. The van der Waals surface area contributed by atoms with E-state index in [2.05, 4.69) is 42.4 Å². The second kappa shape index (κ2) is 7.33. The molecule has 3 nitrogen and oxygen atoms in total. The normalized spacial score (nSPS) is 11.9. The molecule has 1 aromatic heterocycles. The Hall–Kier alpha value is -0.270. The van der Waals surface area contributed by atoms with Crippen molar-refractivity contribution in [1.82, 2.24) is 15.5 Å². The van der Waals surface area contributed by atoms with Crippen LogP contribution in [0.5, 0.6) is 0 Å². The Labute approximate surface area is 143 Å². The van der Waals surface area contributed by atoms with Crippen molar-refractivity contribution in [1.29, 1.82) is 0 Å². The first-order valence-electron chi connectivity index (χ1n) is 6.47. The summed E-state index contributed by atoms with van der Waals surface area (Å²) in [6.07, 6.45) is 2.01. The average Bonchev–Trinajstić information content (AvgIpc) is 2.84. The molecule has 0 spiro atoms. The minimum absolute atomic E-state index is 0.0515. The maximum Gasteiger partial charge on any atom is 0.179 e. The molecule has 2 aromatic rings. The minimum Gasteiger partial charge on any atom is -0.308 e. The fourth-order valence-corrected chi connectivity index (χ4v) is 4.43. The first-order chi connectivity index (χ1) is 9.89. The van der Waals surface area contributed by atoms with Crippen molar-refractivity contribution in [2.24, 2.45) is 0 Å². The molecule has 1 aromatic carbocycles. The van der Waals surface area contributed by atoms with Gasteiger partial charge in [-0.05, 0) is 44.7 Å². The average molecular weight is 360 g/mol. The maximum absolute atomic E-state index is 6.37. The van der Waals surface area contributed by atoms with E-state index in [4.69, 9.17) is 11.6 Å². The Kier molecular flexibility index (Phi) is 5.96. The standard InChI is InChI=1S/C14H18ClN3S3/c1-14(2,3)16-8-9-10(15)6-5-7-11(9)20-13-18-17-12(19-4)21-13/h5-7,16H,8H2,1-4H3. The van der Waals surface area contributed by atoms with Crippen molar-refractivity contribution in [3.05, 3.63) is 28.8 Å². The third-order valence-corrected chi connectivity index (χ3v) is 6.04. The summed E-state index contributed by atoms with van der Waals surface area (Å²) in [6, 6.07) is 5.98. The molecule has 0 fully saturated rings. The zero-order chi connectivity index (χ0) is 15.5. The molecule has 0 saturated carbocycles. The lowest BCUT2D eigenvalue weighted by Crippen LogP contribution is -2.35. The van der Waals surface area contributed by atoms with Gasteiger partial charge in [0.25, 0.3) is 0 Å². The quantitative estimate of drug-likeness (QED) is 0.764. The molecule has 0 aliphatic heterocycles. The van der Waals surface area contributed by atoms with E-state index in [-0.39, 0.29) is 5.54 Å². The van der Waals surface area contributed by atoms with Gasteiger partial charge >= 0.3 is 0 Å². The smallest absolute Gasteiger partial charge is 0.179 e. The van der Waals surface area contributed by atoms with Gasteiger partial charge in [-0.25, -0.2) is 0 Å². The summed E-state index contributed by atoms with van der Waals surface area (Å²) in [4.78, 5) is 1.13. The number of nitrogens with one attached hydrogen (secondary N) is 1. The minimum atomic E-state index is 0.0515. The van der Waals surface area contributed by atoms with Gasteiger partial charge in [0.05, 0.1) is 0 Å². The molecule has 2 rings (SSSR count). The van der Waals surface area contributed by atoms with Crippen molar-refractivity contribution in [2.45, 2.75) is 46.4 Å². The van der Waals surface area contributed by atoms with Crippen LogP contribution in [0, 0.1) is 0 Å². The van der Waals surface area contributed by atoms with E-state index < -0.39 is 0 Å². The molecule has 0 saturated heterocycles. The van der Waals surface area contributed by atoms with Crippen molar-refractivity contribution in [3.63, 3.8) is 0 Å². The third kappa shape index (κ3) is 5.14. The molecule has 0 aliphatic carbocycles. The van der Waals surface area contributed by atoms with Gasteiger partial charge < -0.3 is 5.32 Å². The highest BCUT2D eigenvalue weighted by Gasteiger charge is 2.15. The third-order valence-electron chi connectivity index (χ3n) is 2.63. The molecule has 0 radical (unpaired) electrons. The number of halogens is 1. The van der Waals surface area contributed by atoms with Gasteiger partial charge in [-0.1, -0.05) is 52.5 Å². The summed E-state index contributed by atoms with van der Waals surface area (Å²) >= 11 is 11.2. The number of thioether (sulfide) groups is 1. The number of benzene rings is 1. The molecule has 0 aliphatic rings. The SMILES string of the molecule is CSc1nnc(Sc2cccc(Cl)c2CNC(C)(C)C)s1. The molecule has 0 bridgehead atoms. The van der Waals surface area contributed by atoms with Crippen LogP contribution in [-0.2, 0) is 6.54 Å². The summed E-state index contributed by atoms with van der Waals surface area (Å²) in [5.41, 5.74) is 1.16. The summed E-state index contributed by atoms with van der Waals surface area (Å²) in [5, 5.41) is 12.6. The van der Waals surface area contributed by atoms with Gasteiger partial charge in [0.2, 0.25) is 0 Å². The highest BCUT2D eigenvalue weighted by Crippen LogP contribution is 2.36. The van der Waals surface area contributed by atoms with Crippen LogP contribution in [0.1, 0.15) is 26.3 Å². The van der Waals surface area contributed by atoms with Crippen molar-refractivity contribution in [3.8, 4) is 0 Å². The molecule has 1 heterocycles. The van der Waals surface area contributed by atoms with E-state index in [1.54, 1.807) is 34.9 Å². The van der Waals surface area contributed by atoms with Gasteiger partial charge in [-0.3, -0.25) is 0 Å². The van der Waals surface area contributed by atoms with Crippen LogP contribution in [0.4, 0.5) is 0 Å². The Morgan fingerprint density at radius 2 is 1.95 bits per heavy atom. The lowest BCUT2D eigenvalue weighted by atomic mass is 10.1. The van der Waals surface area contributed by atoms with Crippen LogP contribution in [0.3, 0.4) is 0 Å². The second-order valence-electron chi connectivity index (χ2n) is 5.46. The Balaban J connectivity index is 2.20. The van der Waals surface area contributed by atoms with Crippen LogP contribution in [-0.4, -0.2) is 22.0 Å². The molecule has 7 heteroatoms. The highest BCUT2D eigenvalue weighted by atomic mass is 35.5. The molecular weight excluding hydrogens is 342 g/mol. The van der Waals surface area contributed by atoms with Gasteiger partial charge in [-0.15, -0.1) is 10.2 Å². The van der Waals surface area contributed by atoms with Crippen LogP contribution in [0.15, 0.2) is 31.8 Å². The van der Waals surface area contributed by atoms with Crippen LogP contribution < -0.4 is 5.32 Å². The molecule has 21 heavy (non-hydrogen) atoms. The lowest BCUT2D eigenvalue weighted by Gasteiger charge is -2.22. The Morgan fingerprint density at radius 1 is 1.24 bits per heavy atom. The molecular formula is C14H18ClN3S3. The number of hydrogen-bond acceptors (Lipinski definition) is 6. The number of nitrogens with zero attached hydrogens (tertiary/aromatic N) is 2. The fourth-order valence-electron chi connectivity index (χ4n) is 1.57. The predicted octanol–water partition coefficient (Wildman–Crippen LogP) is 4.95. The number of rotatable bonds is 5. The van der Waals surface area contributed by atoms with E-state index in [1.165, 1.54) is 0 Å². The van der Waals surface area contributed by atoms with Crippen LogP contribution in [0.2, 0.25) is 5.02 Å². The number of hydrogen-bond donors (Lipinski definition) is 1. The van der Waals surface area contributed by atoms with E-state index in [9.17, 15) is 0 Å². The monoisotopic (exact) mass is 359 g/mol. The van der Waals surface area contributed by atoms with Crippen LogP contribution in [0.25, 0.3) is 0 Å². The van der Waals surface area contributed by atoms with Gasteiger partial charge in [0.15, 0.2) is 8.68 Å². The maximum atomic E-state index is 6.37. The van der Waals surface area contributed by atoms with E-state index in [0.29, 0.717) is 0 Å². The lowest BCUT2D eigenvalue weighted by molar-refractivity contribution is 0.422. The summed E-state index contributed by atoms with van der Waals surface area (Å²) in [5.74, 6) is 0. The summed E-state index contributed by atoms with van der Waals surface area (Å²) < 4.78 is 1.92. The zero-order valence-corrected chi connectivity index (χ0v) is 15.6. The van der Waals surface area contributed by atoms with Crippen molar-refractivity contribution in [2.75, 3.05) is 6.26 Å². The molecule has 1 N–H and O–H groups in total. The first kappa shape index (κ1) is 17.1. The molecule has 0 amide bonds. The molecule has 0 unspecified atom stereocenters. The van der Waals surface area contributed by atoms with Crippen LogP contribution >= 0.6 is 46.5 Å². The summed E-state index contributed by atoms with van der Waals surface area (Å²) in [7, 11) is 0. The van der Waals surface area contributed by atoms with Gasteiger partial charge in [0.1, 0.15) is 0 Å². The molecule has 114 valence electrons. The summed E-state index contributed by atoms with van der Waals surface area (Å²) in [6.45, 7) is 7.17. The zero-order valence-electron chi connectivity index (χ0n) is 12.4. The predicted molar refractivity (Wildman–Crippen MR) is 93.9 cm³/mol. The van der Waals surface area contributed by atoms with Gasteiger partial charge in [0, 0.05) is 22.0 Å². The van der Waals surface area contributed by atoms with Gasteiger partial charge in [-0.2, -0.15) is 0 Å². The van der Waals surface area contributed by atoms with Crippen molar-refractivity contribution < 1.29 is 0 Å². The van der Waals surface area contributed by atoms with E-state index >= 15 is 0 Å².